The van der Waals surface area contributed by atoms with Crippen molar-refractivity contribution in [1.82, 2.24) is 14.9 Å². The van der Waals surface area contributed by atoms with Crippen LogP contribution >= 0.6 is 15.9 Å². The van der Waals surface area contributed by atoms with E-state index < -0.39 is 26.8 Å². The highest BCUT2D eigenvalue weighted by Crippen LogP contribution is 2.27. The number of hydrogen-bond donors (Lipinski definition) is 3. The largest absolute Gasteiger partial charge is 0.399 e. The van der Waals surface area contributed by atoms with Gasteiger partial charge < -0.3 is 5.73 Å². The Morgan fingerprint density at radius 3 is 2.80 bits per heavy atom. The summed E-state index contributed by atoms with van der Waals surface area (Å²) in [7, 11) is -4.04. The highest BCUT2D eigenvalue weighted by molar-refractivity contribution is 9.10. The van der Waals surface area contributed by atoms with Crippen molar-refractivity contribution in [3.05, 3.63) is 40.4 Å². The number of nitrogens with zero attached hydrogens (tertiary/aromatic N) is 1. The van der Waals surface area contributed by atoms with Gasteiger partial charge in [-0.2, -0.15) is 5.10 Å². The Hall–Kier alpha value is -1.45. The summed E-state index contributed by atoms with van der Waals surface area (Å²) in [6.07, 6.45) is 3.04. The number of anilines is 1. The van der Waals surface area contributed by atoms with Crippen LogP contribution in [-0.4, -0.2) is 18.6 Å². The molecule has 1 unspecified atom stereocenters. The molecule has 2 rings (SSSR count). The molecule has 0 saturated carbocycles. The van der Waals surface area contributed by atoms with Crippen molar-refractivity contribution in [1.29, 1.82) is 0 Å². The summed E-state index contributed by atoms with van der Waals surface area (Å²) in [6, 6.07) is 1.82. The summed E-state index contributed by atoms with van der Waals surface area (Å²) in [5.74, 6) is -0.883. The summed E-state index contributed by atoms with van der Waals surface area (Å²) < 4.78 is 40.7. The van der Waals surface area contributed by atoms with E-state index in [-0.39, 0.29) is 10.2 Å². The van der Waals surface area contributed by atoms with Crippen molar-refractivity contribution < 1.29 is 12.8 Å². The van der Waals surface area contributed by atoms with Gasteiger partial charge in [0.1, 0.15) is 4.90 Å². The molecule has 0 fully saturated rings. The summed E-state index contributed by atoms with van der Waals surface area (Å²) in [5.41, 5.74) is 6.33. The van der Waals surface area contributed by atoms with Gasteiger partial charge in [-0.25, -0.2) is 17.5 Å². The van der Waals surface area contributed by atoms with E-state index in [9.17, 15) is 12.8 Å². The molecule has 0 spiro atoms. The molecule has 1 heterocycles. The Labute approximate surface area is 123 Å². The van der Waals surface area contributed by atoms with Crippen LogP contribution in [0.15, 0.2) is 33.9 Å². The first-order chi connectivity index (χ1) is 9.31. The van der Waals surface area contributed by atoms with Gasteiger partial charge in [0.2, 0.25) is 10.0 Å². The molecule has 1 aromatic heterocycles. The fourth-order valence-electron chi connectivity index (χ4n) is 1.64. The lowest BCUT2D eigenvalue weighted by molar-refractivity contribution is 0.545. The molecule has 108 valence electrons. The van der Waals surface area contributed by atoms with Crippen molar-refractivity contribution >= 4 is 31.6 Å². The summed E-state index contributed by atoms with van der Waals surface area (Å²) in [6.45, 7) is 1.63. The fourth-order valence-corrected chi connectivity index (χ4v) is 3.62. The number of benzene rings is 1. The van der Waals surface area contributed by atoms with Gasteiger partial charge in [0.15, 0.2) is 5.82 Å². The minimum absolute atomic E-state index is 0.00570. The lowest BCUT2D eigenvalue weighted by Crippen LogP contribution is -2.27. The van der Waals surface area contributed by atoms with Crippen LogP contribution in [0.3, 0.4) is 0 Å². The average Bonchev–Trinajstić information content (AvgIpc) is 2.86. The molecule has 20 heavy (non-hydrogen) atoms. The normalized spacial score (nSPS) is 13.3. The molecule has 9 heteroatoms. The van der Waals surface area contributed by atoms with E-state index in [1.54, 1.807) is 13.1 Å². The second-order valence-electron chi connectivity index (χ2n) is 4.19. The monoisotopic (exact) mass is 362 g/mol. The highest BCUT2D eigenvalue weighted by Gasteiger charge is 2.24. The SMILES string of the molecule is CC(NS(=O)(=O)c1cc(N)cc(Br)c1F)c1cn[nH]c1. The highest BCUT2D eigenvalue weighted by atomic mass is 79.9. The number of aromatic amines is 1. The molecule has 0 saturated heterocycles. The quantitative estimate of drug-likeness (QED) is 0.723. The summed E-state index contributed by atoms with van der Waals surface area (Å²) in [5, 5.41) is 6.31. The minimum atomic E-state index is -4.04. The Kier molecular flexibility index (Phi) is 4.11. The smallest absolute Gasteiger partial charge is 0.244 e. The van der Waals surface area contributed by atoms with Crippen LogP contribution in [0.1, 0.15) is 18.5 Å². The van der Waals surface area contributed by atoms with Crippen LogP contribution in [0, 0.1) is 5.82 Å². The first-order valence-electron chi connectivity index (χ1n) is 5.57. The molecule has 2 aromatic rings. The average molecular weight is 363 g/mol. The minimum Gasteiger partial charge on any atom is -0.399 e. The Bertz CT molecular complexity index is 718. The van der Waals surface area contributed by atoms with E-state index in [2.05, 4.69) is 30.8 Å². The Morgan fingerprint density at radius 2 is 2.20 bits per heavy atom. The Balaban J connectivity index is 2.36. The standard InChI is InChI=1S/C11H12BrFN4O2S/c1-6(7-4-15-16-5-7)17-20(18,19)10-3-8(14)2-9(12)11(10)13/h2-6,17H,14H2,1H3,(H,15,16). The third kappa shape index (κ3) is 3.00. The number of hydrogen-bond acceptors (Lipinski definition) is 4. The third-order valence-electron chi connectivity index (χ3n) is 2.66. The number of nitrogen functional groups attached to an aromatic ring is 1. The second kappa shape index (κ2) is 5.51. The molecule has 1 aromatic carbocycles. The molecule has 1 atom stereocenters. The molecule has 0 radical (unpaired) electrons. The summed E-state index contributed by atoms with van der Waals surface area (Å²) in [4.78, 5) is -0.500. The number of rotatable bonds is 4. The van der Waals surface area contributed by atoms with Gasteiger partial charge in [-0.3, -0.25) is 5.10 Å². The van der Waals surface area contributed by atoms with Gasteiger partial charge >= 0.3 is 0 Å². The van der Waals surface area contributed by atoms with E-state index in [4.69, 9.17) is 5.73 Å². The van der Waals surface area contributed by atoms with E-state index in [1.807, 2.05) is 0 Å². The maximum absolute atomic E-state index is 13.9. The number of aromatic nitrogens is 2. The number of halogens is 2. The lowest BCUT2D eigenvalue weighted by atomic mass is 10.2. The van der Waals surface area contributed by atoms with Gasteiger partial charge in [0, 0.05) is 23.5 Å². The molecule has 0 amide bonds. The van der Waals surface area contributed by atoms with Crippen LogP contribution in [0.5, 0.6) is 0 Å². The van der Waals surface area contributed by atoms with Gasteiger partial charge in [0.05, 0.1) is 10.7 Å². The molecule has 0 bridgehead atoms. The molecule has 6 nitrogen and oxygen atoms in total. The van der Waals surface area contributed by atoms with E-state index in [1.165, 1.54) is 12.3 Å². The predicted octanol–water partition coefficient (Wildman–Crippen LogP) is 1.93. The molecule has 0 aliphatic rings. The topological polar surface area (TPSA) is 101 Å². The summed E-state index contributed by atoms with van der Waals surface area (Å²) >= 11 is 2.93. The second-order valence-corrected chi connectivity index (χ2v) is 6.73. The van der Waals surface area contributed by atoms with Crippen molar-refractivity contribution in [3.8, 4) is 0 Å². The van der Waals surface area contributed by atoms with Crippen molar-refractivity contribution in [2.45, 2.75) is 17.9 Å². The van der Waals surface area contributed by atoms with Gasteiger partial charge in [-0.15, -0.1) is 0 Å². The van der Waals surface area contributed by atoms with Crippen LogP contribution in [0.2, 0.25) is 0 Å². The van der Waals surface area contributed by atoms with Crippen molar-refractivity contribution in [2.24, 2.45) is 0 Å². The number of H-pyrrole nitrogens is 1. The van der Waals surface area contributed by atoms with Crippen LogP contribution in [0.25, 0.3) is 0 Å². The van der Waals surface area contributed by atoms with Crippen LogP contribution in [-0.2, 0) is 10.0 Å². The first kappa shape index (κ1) is 14.9. The lowest BCUT2D eigenvalue weighted by Gasteiger charge is -2.14. The van der Waals surface area contributed by atoms with Gasteiger partial charge in [-0.05, 0) is 35.0 Å². The number of nitrogens with two attached hydrogens (primary N) is 1. The van der Waals surface area contributed by atoms with Crippen molar-refractivity contribution in [2.75, 3.05) is 5.73 Å². The molecule has 4 N–H and O–H groups in total. The predicted molar refractivity (Wildman–Crippen MR) is 75.8 cm³/mol. The van der Waals surface area contributed by atoms with Crippen molar-refractivity contribution in [3.63, 3.8) is 0 Å². The first-order valence-corrected chi connectivity index (χ1v) is 7.84. The third-order valence-corrected chi connectivity index (χ3v) is 4.77. The van der Waals surface area contributed by atoms with E-state index in [0.717, 1.165) is 6.07 Å². The van der Waals surface area contributed by atoms with E-state index >= 15 is 0 Å². The molecular weight excluding hydrogens is 351 g/mol. The maximum Gasteiger partial charge on any atom is 0.244 e. The zero-order valence-corrected chi connectivity index (χ0v) is 12.8. The molecular formula is C11H12BrFN4O2S. The molecule has 0 aliphatic carbocycles. The number of nitrogens with one attached hydrogen (secondary N) is 2. The van der Waals surface area contributed by atoms with Crippen LogP contribution < -0.4 is 10.5 Å². The maximum atomic E-state index is 13.9. The molecule has 0 aliphatic heterocycles. The van der Waals surface area contributed by atoms with E-state index in [0.29, 0.717) is 5.56 Å². The number of sulfonamides is 1. The van der Waals surface area contributed by atoms with Crippen LogP contribution in [0.4, 0.5) is 10.1 Å². The van der Waals surface area contributed by atoms with Gasteiger partial charge in [-0.1, -0.05) is 0 Å². The Morgan fingerprint density at radius 1 is 1.50 bits per heavy atom. The fraction of sp³-hybridized carbons (Fsp3) is 0.182. The zero-order chi connectivity index (χ0) is 14.9. The van der Waals surface area contributed by atoms with Gasteiger partial charge in [0.25, 0.3) is 0 Å². The zero-order valence-electron chi connectivity index (χ0n) is 10.4.